The van der Waals surface area contributed by atoms with E-state index >= 15 is 0 Å². The summed E-state index contributed by atoms with van der Waals surface area (Å²) in [5.74, 6) is -1.95. The smallest absolute Gasteiger partial charge is 0.338 e. The lowest BCUT2D eigenvalue weighted by atomic mass is 10.1. The van der Waals surface area contributed by atoms with Gasteiger partial charge in [0.2, 0.25) is 0 Å². The van der Waals surface area contributed by atoms with Gasteiger partial charge in [-0.15, -0.1) is 0 Å². The average Bonchev–Trinajstić information content (AvgIpc) is 2.39. The van der Waals surface area contributed by atoms with E-state index in [0.29, 0.717) is 6.61 Å². The van der Waals surface area contributed by atoms with Crippen molar-refractivity contribution >= 4 is 17.9 Å². The number of rotatable bonds is 4. The zero-order chi connectivity index (χ0) is 15.5. The van der Waals surface area contributed by atoms with Crippen LogP contribution in [-0.4, -0.2) is 36.2 Å². The van der Waals surface area contributed by atoms with E-state index in [9.17, 15) is 14.4 Å². The van der Waals surface area contributed by atoms with Crippen molar-refractivity contribution in [2.45, 2.75) is 20.8 Å². The third-order valence-electron chi connectivity index (χ3n) is 2.00. The minimum Gasteiger partial charge on any atom is -0.478 e. The fourth-order valence-corrected chi connectivity index (χ4v) is 1.26. The van der Waals surface area contributed by atoms with Gasteiger partial charge in [-0.25, -0.2) is 9.59 Å². The number of carbonyl (C=O) groups is 3. The number of benzene rings is 1. The molecule has 0 radical (unpaired) electrons. The highest BCUT2D eigenvalue weighted by atomic mass is 16.5. The van der Waals surface area contributed by atoms with E-state index in [1.807, 2.05) is 0 Å². The summed E-state index contributed by atoms with van der Waals surface area (Å²) < 4.78 is 9.12. The van der Waals surface area contributed by atoms with Crippen molar-refractivity contribution in [1.29, 1.82) is 0 Å². The van der Waals surface area contributed by atoms with Crippen molar-refractivity contribution in [2.24, 2.45) is 0 Å². The van der Waals surface area contributed by atoms with Crippen LogP contribution in [0.1, 0.15) is 41.5 Å². The van der Waals surface area contributed by atoms with Gasteiger partial charge in [-0.1, -0.05) is 12.1 Å². The summed E-state index contributed by atoms with van der Waals surface area (Å²) in [4.78, 5) is 31.8. The number of carbonyl (C=O) groups excluding carboxylic acids is 2. The van der Waals surface area contributed by atoms with Gasteiger partial charge in [-0.3, -0.25) is 4.79 Å². The second-order valence-corrected chi connectivity index (χ2v) is 3.50. The summed E-state index contributed by atoms with van der Waals surface area (Å²) in [6.45, 7) is 5.55. The molecular weight excluding hydrogens is 264 g/mol. The molecule has 20 heavy (non-hydrogen) atoms. The maximum Gasteiger partial charge on any atom is 0.338 e. The third-order valence-corrected chi connectivity index (χ3v) is 2.00. The van der Waals surface area contributed by atoms with Crippen molar-refractivity contribution in [2.75, 3.05) is 13.2 Å². The van der Waals surface area contributed by atoms with Crippen molar-refractivity contribution in [3.63, 3.8) is 0 Å². The molecule has 110 valence electrons. The van der Waals surface area contributed by atoms with Gasteiger partial charge >= 0.3 is 17.9 Å². The second kappa shape index (κ2) is 9.55. The Kier molecular flexibility index (Phi) is 8.41. The van der Waals surface area contributed by atoms with Gasteiger partial charge in [-0.2, -0.15) is 0 Å². The Morgan fingerprint density at radius 3 is 1.85 bits per heavy atom. The summed E-state index contributed by atoms with van der Waals surface area (Å²) in [6, 6.07) is 5.96. The Morgan fingerprint density at radius 2 is 1.50 bits per heavy atom. The number of ether oxygens (including phenoxy) is 2. The van der Waals surface area contributed by atoms with Crippen LogP contribution in [0.2, 0.25) is 0 Å². The summed E-state index contributed by atoms with van der Waals surface area (Å²) in [6.07, 6.45) is 0. The fourth-order valence-electron chi connectivity index (χ4n) is 1.26. The Bertz CT molecular complexity index is 466. The lowest BCUT2D eigenvalue weighted by Crippen LogP contribution is -2.11. The highest BCUT2D eigenvalue weighted by Gasteiger charge is 2.15. The van der Waals surface area contributed by atoms with Gasteiger partial charge in [0.05, 0.1) is 24.3 Å². The minimum absolute atomic E-state index is 0.0362. The summed E-state index contributed by atoms with van der Waals surface area (Å²) >= 11 is 0. The lowest BCUT2D eigenvalue weighted by molar-refractivity contribution is -0.140. The molecule has 1 N–H and O–H groups in total. The van der Waals surface area contributed by atoms with E-state index < -0.39 is 11.9 Å². The number of esters is 2. The Balaban J connectivity index is 0.000000511. The van der Waals surface area contributed by atoms with Gasteiger partial charge in [0.15, 0.2) is 0 Å². The van der Waals surface area contributed by atoms with Crippen LogP contribution in [0.25, 0.3) is 0 Å². The van der Waals surface area contributed by atoms with Crippen molar-refractivity contribution in [1.82, 2.24) is 0 Å². The number of carboxylic acid groups (broad SMARTS) is 1. The normalized spacial score (nSPS) is 8.95. The van der Waals surface area contributed by atoms with E-state index in [4.69, 9.17) is 9.84 Å². The second-order valence-electron chi connectivity index (χ2n) is 3.50. The van der Waals surface area contributed by atoms with Crippen LogP contribution >= 0.6 is 0 Å². The molecule has 0 aromatic heterocycles. The first-order valence-corrected chi connectivity index (χ1v) is 6.06. The highest BCUT2D eigenvalue weighted by Crippen LogP contribution is 2.09. The molecule has 1 aromatic carbocycles. The van der Waals surface area contributed by atoms with Crippen LogP contribution in [0.3, 0.4) is 0 Å². The number of aromatic carboxylic acids is 1. The Labute approximate surface area is 117 Å². The fraction of sp³-hybridized carbons (Fsp3) is 0.357. The Hall–Kier alpha value is -2.37. The van der Waals surface area contributed by atoms with Crippen molar-refractivity contribution in [3.8, 4) is 0 Å². The molecule has 0 unspecified atom stereocenters. The molecule has 0 spiro atoms. The first-order chi connectivity index (χ1) is 9.43. The average molecular weight is 282 g/mol. The topological polar surface area (TPSA) is 89.9 Å². The van der Waals surface area contributed by atoms with Crippen molar-refractivity contribution < 1.29 is 29.0 Å². The molecule has 0 aliphatic carbocycles. The SMILES string of the molecule is CCOC(=O)c1ccccc1C(=O)O.CCOC(C)=O. The van der Waals surface area contributed by atoms with E-state index in [1.54, 1.807) is 26.0 Å². The Morgan fingerprint density at radius 1 is 1.00 bits per heavy atom. The zero-order valence-corrected chi connectivity index (χ0v) is 11.7. The molecule has 0 aliphatic heterocycles. The maximum absolute atomic E-state index is 11.3. The van der Waals surface area contributed by atoms with E-state index in [1.165, 1.54) is 19.1 Å². The molecule has 0 heterocycles. The summed E-state index contributed by atoms with van der Waals surface area (Å²) in [7, 11) is 0. The van der Waals surface area contributed by atoms with E-state index in [2.05, 4.69) is 4.74 Å². The molecule has 1 rings (SSSR count). The molecule has 0 atom stereocenters. The quantitative estimate of drug-likeness (QED) is 0.851. The molecule has 6 nitrogen and oxygen atoms in total. The molecule has 0 bridgehead atoms. The number of carboxylic acids is 1. The van der Waals surface area contributed by atoms with Gasteiger partial charge in [0.25, 0.3) is 0 Å². The molecule has 6 heteroatoms. The van der Waals surface area contributed by atoms with Crippen LogP contribution in [-0.2, 0) is 14.3 Å². The van der Waals surface area contributed by atoms with Crippen LogP contribution in [0.15, 0.2) is 24.3 Å². The predicted octanol–water partition coefficient (Wildman–Crippen LogP) is 2.13. The molecular formula is C14H18O6. The maximum atomic E-state index is 11.3. The molecule has 0 saturated carbocycles. The van der Waals surface area contributed by atoms with E-state index in [-0.39, 0.29) is 23.7 Å². The third kappa shape index (κ3) is 6.53. The lowest BCUT2D eigenvalue weighted by Gasteiger charge is -2.04. The van der Waals surface area contributed by atoms with Crippen LogP contribution in [0, 0.1) is 0 Å². The predicted molar refractivity (Wildman–Crippen MR) is 71.7 cm³/mol. The van der Waals surface area contributed by atoms with Gasteiger partial charge in [0.1, 0.15) is 0 Å². The minimum atomic E-state index is -1.13. The summed E-state index contributed by atoms with van der Waals surface area (Å²) in [5.41, 5.74) is 0.0489. The molecule has 0 fully saturated rings. The largest absolute Gasteiger partial charge is 0.478 e. The summed E-state index contributed by atoms with van der Waals surface area (Å²) in [5, 5.41) is 8.77. The molecule has 0 saturated heterocycles. The van der Waals surface area contributed by atoms with Crippen LogP contribution in [0.5, 0.6) is 0 Å². The molecule has 0 amide bonds. The highest BCUT2D eigenvalue weighted by molar-refractivity contribution is 6.02. The molecule has 0 aliphatic rings. The van der Waals surface area contributed by atoms with Crippen molar-refractivity contribution in [3.05, 3.63) is 35.4 Å². The number of hydrogen-bond donors (Lipinski definition) is 1. The molecule has 1 aromatic rings. The first-order valence-electron chi connectivity index (χ1n) is 6.06. The van der Waals surface area contributed by atoms with Gasteiger partial charge in [-0.05, 0) is 26.0 Å². The van der Waals surface area contributed by atoms with Gasteiger partial charge in [0, 0.05) is 6.92 Å². The van der Waals surface area contributed by atoms with Crippen LogP contribution < -0.4 is 0 Å². The zero-order valence-electron chi connectivity index (χ0n) is 11.7. The number of hydrogen-bond acceptors (Lipinski definition) is 5. The van der Waals surface area contributed by atoms with Gasteiger partial charge < -0.3 is 14.6 Å². The standard InChI is InChI=1S/C10H10O4.C4H8O2/c1-2-14-10(13)8-6-4-3-5-7(8)9(11)12;1-3-6-4(2)5/h3-6H,2H2,1H3,(H,11,12);3H2,1-2H3. The first kappa shape index (κ1) is 17.6. The monoisotopic (exact) mass is 282 g/mol. The van der Waals surface area contributed by atoms with E-state index in [0.717, 1.165) is 0 Å². The van der Waals surface area contributed by atoms with Crippen LogP contribution in [0.4, 0.5) is 0 Å².